The summed E-state index contributed by atoms with van der Waals surface area (Å²) in [6.45, 7) is -0.351. The molecular formula is C16H14Cl2N4O4. The fraction of sp³-hybridized carbons (Fsp3) is 0.250. The van der Waals surface area contributed by atoms with Crippen LogP contribution in [0.25, 0.3) is 0 Å². The number of anilines is 1. The maximum absolute atomic E-state index is 12.8. The molecule has 2 heterocycles. The van der Waals surface area contributed by atoms with Crippen molar-refractivity contribution in [3.8, 4) is 5.75 Å². The highest BCUT2D eigenvalue weighted by molar-refractivity contribution is 6.41. The Hall–Kier alpha value is -2.58. The van der Waals surface area contributed by atoms with Gasteiger partial charge in [-0.3, -0.25) is 14.4 Å². The molecule has 0 radical (unpaired) electrons. The molecule has 8 nitrogen and oxygen atoms in total. The monoisotopic (exact) mass is 396 g/mol. The Morgan fingerprint density at radius 3 is 2.81 bits per heavy atom. The third-order valence-electron chi connectivity index (χ3n) is 3.84. The standard InChI is InChI=1S/C16H14Cl2N4O4/c1-19-15(24)12-7-21(10-4-2-3-5-11(10)26-12)13(23)8-22-16(25)14(18)9(17)6-20-22/h2-6,12H,7-8H2,1H3,(H,19,24). The van der Waals surface area contributed by atoms with Crippen molar-refractivity contribution in [2.75, 3.05) is 18.5 Å². The lowest BCUT2D eigenvalue weighted by atomic mass is 10.1. The number of para-hydroxylation sites is 2. The maximum atomic E-state index is 12.8. The predicted octanol–water partition coefficient (Wildman–Crippen LogP) is 1.09. The smallest absolute Gasteiger partial charge is 0.287 e. The van der Waals surface area contributed by atoms with Gasteiger partial charge in [-0.05, 0) is 12.1 Å². The summed E-state index contributed by atoms with van der Waals surface area (Å²) < 4.78 is 6.57. The Morgan fingerprint density at radius 2 is 2.08 bits per heavy atom. The number of carbonyl (C=O) groups is 2. The van der Waals surface area contributed by atoms with Crippen LogP contribution in [0.4, 0.5) is 5.69 Å². The molecule has 0 saturated heterocycles. The first kappa shape index (κ1) is 18.2. The van der Waals surface area contributed by atoms with E-state index in [-0.39, 0.29) is 29.0 Å². The lowest BCUT2D eigenvalue weighted by Gasteiger charge is -2.34. The van der Waals surface area contributed by atoms with Gasteiger partial charge in [-0.25, -0.2) is 4.68 Å². The van der Waals surface area contributed by atoms with Crippen molar-refractivity contribution in [3.63, 3.8) is 0 Å². The Balaban J connectivity index is 1.92. The Kier molecular flexibility index (Phi) is 5.15. The molecule has 0 fully saturated rings. The van der Waals surface area contributed by atoms with Crippen molar-refractivity contribution in [2.24, 2.45) is 0 Å². The molecule has 1 aliphatic rings. The van der Waals surface area contributed by atoms with E-state index < -0.39 is 17.6 Å². The van der Waals surface area contributed by atoms with Gasteiger partial charge in [0.1, 0.15) is 17.3 Å². The van der Waals surface area contributed by atoms with Crippen LogP contribution in [0.3, 0.4) is 0 Å². The van der Waals surface area contributed by atoms with Gasteiger partial charge in [-0.2, -0.15) is 5.10 Å². The second-order valence-corrected chi connectivity index (χ2v) is 6.25. The molecule has 2 aromatic rings. The molecule has 0 bridgehead atoms. The predicted molar refractivity (Wildman–Crippen MR) is 95.8 cm³/mol. The highest BCUT2D eigenvalue weighted by Gasteiger charge is 2.33. The van der Waals surface area contributed by atoms with Crippen LogP contribution in [0.15, 0.2) is 35.3 Å². The highest BCUT2D eigenvalue weighted by Crippen LogP contribution is 2.33. The maximum Gasteiger partial charge on any atom is 0.287 e. The lowest BCUT2D eigenvalue weighted by molar-refractivity contribution is -0.128. The molecule has 26 heavy (non-hydrogen) atoms. The summed E-state index contributed by atoms with van der Waals surface area (Å²) >= 11 is 11.6. The molecule has 3 rings (SSSR count). The molecule has 1 unspecified atom stereocenters. The van der Waals surface area contributed by atoms with Gasteiger partial charge in [0.25, 0.3) is 11.5 Å². The van der Waals surface area contributed by atoms with Crippen LogP contribution in [0.1, 0.15) is 0 Å². The zero-order chi connectivity index (χ0) is 18.8. The number of halogens is 2. The quantitative estimate of drug-likeness (QED) is 0.837. The first-order valence-electron chi connectivity index (χ1n) is 7.61. The lowest BCUT2D eigenvalue weighted by Crippen LogP contribution is -2.51. The summed E-state index contributed by atoms with van der Waals surface area (Å²) in [5.41, 5.74) is -0.164. The molecule has 1 aromatic heterocycles. The summed E-state index contributed by atoms with van der Waals surface area (Å²) in [6, 6.07) is 6.83. The fourth-order valence-electron chi connectivity index (χ4n) is 2.54. The van der Waals surface area contributed by atoms with E-state index in [1.807, 2.05) is 0 Å². The number of rotatable bonds is 3. The largest absolute Gasteiger partial charge is 0.477 e. The first-order chi connectivity index (χ1) is 12.4. The van der Waals surface area contributed by atoms with E-state index in [1.165, 1.54) is 18.1 Å². The number of carbonyl (C=O) groups excluding carboxylic acids is 2. The molecule has 1 N–H and O–H groups in total. The zero-order valence-electron chi connectivity index (χ0n) is 13.6. The molecule has 0 spiro atoms. The van der Waals surface area contributed by atoms with E-state index in [0.717, 1.165) is 4.68 Å². The van der Waals surface area contributed by atoms with Crippen LogP contribution in [-0.4, -0.2) is 41.3 Å². The van der Waals surface area contributed by atoms with E-state index >= 15 is 0 Å². The molecule has 10 heteroatoms. The molecular weight excluding hydrogens is 383 g/mol. The number of benzene rings is 1. The van der Waals surface area contributed by atoms with Crippen LogP contribution in [0.2, 0.25) is 10.0 Å². The van der Waals surface area contributed by atoms with Gasteiger partial charge in [-0.15, -0.1) is 0 Å². The van der Waals surface area contributed by atoms with Crippen molar-refractivity contribution in [3.05, 3.63) is 50.9 Å². The average molecular weight is 397 g/mol. The fourth-order valence-corrected chi connectivity index (χ4v) is 2.81. The number of hydrogen-bond donors (Lipinski definition) is 1. The van der Waals surface area contributed by atoms with Crippen molar-refractivity contribution in [2.45, 2.75) is 12.6 Å². The number of aromatic nitrogens is 2. The Labute approximate surface area is 158 Å². The summed E-state index contributed by atoms with van der Waals surface area (Å²) in [6.07, 6.45) is 0.330. The number of amides is 2. The topological polar surface area (TPSA) is 93.5 Å². The summed E-state index contributed by atoms with van der Waals surface area (Å²) in [5.74, 6) is -0.403. The second kappa shape index (κ2) is 7.35. The minimum absolute atomic E-state index is 0.00555. The van der Waals surface area contributed by atoms with Gasteiger partial charge >= 0.3 is 0 Å². The van der Waals surface area contributed by atoms with E-state index in [1.54, 1.807) is 24.3 Å². The van der Waals surface area contributed by atoms with Crippen molar-refractivity contribution in [1.82, 2.24) is 15.1 Å². The van der Waals surface area contributed by atoms with Gasteiger partial charge in [0.05, 0.1) is 23.5 Å². The SMILES string of the molecule is CNC(=O)C1CN(C(=O)Cn2ncc(Cl)c(Cl)c2=O)c2ccccc2O1. The molecule has 1 atom stereocenters. The molecule has 1 aromatic carbocycles. The Morgan fingerprint density at radius 1 is 1.35 bits per heavy atom. The third kappa shape index (κ3) is 3.38. The third-order valence-corrected chi connectivity index (χ3v) is 4.59. The number of nitrogens with zero attached hydrogens (tertiary/aromatic N) is 3. The Bertz CT molecular complexity index is 931. The minimum atomic E-state index is -0.864. The van der Waals surface area contributed by atoms with E-state index in [4.69, 9.17) is 27.9 Å². The van der Waals surface area contributed by atoms with Gasteiger partial charge in [0.15, 0.2) is 6.10 Å². The van der Waals surface area contributed by atoms with Crippen molar-refractivity contribution in [1.29, 1.82) is 0 Å². The van der Waals surface area contributed by atoms with Crippen LogP contribution >= 0.6 is 23.2 Å². The summed E-state index contributed by atoms with van der Waals surface area (Å²) in [7, 11) is 1.48. The number of nitrogens with one attached hydrogen (secondary N) is 1. The highest BCUT2D eigenvalue weighted by atomic mass is 35.5. The number of fused-ring (bicyclic) bond motifs is 1. The van der Waals surface area contributed by atoms with Crippen molar-refractivity contribution < 1.29 is 14.3 Å². The molecule has 2 amide bonds. The van der Waals surface area contributed by atoms with Crippen LogP contribution in [0.5, 0.6) is 5.75 Å². The van der Waals surface area contributed by atoms with E-state index in [0.29, 0.717) is 11.4 Å². The van der Waals surface area contributed by atoms with Crippen LogP contribution in [-0.2, 0) is 16.1 Å². The van der Waals surface area contributed by atoms with E-state index in [9.17, 15) is 14.4 Å². The first-order valence-corrected chi connectivity index (χ1v) is 8.36. The molecule has 136 valence electrons. The van der Waals surface area contributed by atoms with E-state index in [2.05, 4.69) is 10.4 Å². The summed E-state index contributed by atoms with van der Waals surface area (Å²) in [4.78, 5) is 38.2. The zero-order valence-corrected chi connectivity index (χ0v) is 15.1. The van der Waals surface area contributed by atoms with Gasteiger partial charge in [-0.1, -0.05) is 35.3 Å². The van der Waals surface area contributed by atoms with Crippen molar-refractivity contribution >= 4 is 40.7 Å². The minimum Gasteiger partial charge on any atom is -0.477 e. The summed E-state index contributed by atoms with van der Waals surface area (Å²) in [5, 5.41) is 6.13. The number of hydrogen-bond acceptors (Lipinski definition) is 5. The van der Waals surface area contributed by atoms with Crippen LogP contribution in [0, 0.1) is 0 Å². The molecule has 0 saturated carbocycles. The normalized spacial score (nSPS) is 15.8. The number of ether oxygens (including phenoxy) is 1. The number of likely N-dealkylation sites (N-methyl/N-ethyl adjacent to an activating group) is 1. The molecule has 0 aliphatic carbocycles. The van der Waals surface area contributed by atoms with Gasteiger partial charge < -0.3 is 15.0 Å². The second-order valence-electron chi connectivity index (χ2n) is 5.46. The van der Waals surface area contributed by atoms with Gasteiger partial charge in [0, 0.05) is 7.05 Å². The van der Waals surface area contributed by atoms with Crippen LogP contribution < -0.4 is 20.5 Å². The average Bonchev–Trinajstić information content (AvgIpc) is 2.66. The van der Waals surface area contributed by atoms with Gasteiger partial charge in [0.2, 0.25) is 5.91 Å². The molecule has 1 aliphatic heterocycles.